The van der Waals surface area contributed by atoms with E-state index < -0.39 is 17.7 Å². The van der Waals surface area contributed by atoms with Gasteiger partial charge in [0, 0.05) is 18.5 Å². The van der Waals surface area contributed by atoms with Crippen molar-refractivity contribution in [3.63, 3.8) is 0 Å². The molecule has 0 aromatic heterocycles. The molecule has 1 amide bonds. The molecule has 2 atom stereocenters. The Kier molecular flexibility index (Phi) is 6.83. The summed E-state index contributed by atoms with van der Waals surface area (Å²) in [7, 11) is 0. The number of likely N-dealkylation sites (tertiary alicyclic amines) is 1. The Morgan fingerprint density at radius 2 is 1.62 bits per heavy atom. The van der Waals surface area contributed by atoms with E-state index in [9.17, 15) is 14.7 Å². The van der Waals surface area contributed by atoms with Gasteiger partial charge in [-0.2, -0.15) is 0 Å². The number of amides is 1. The van der Waals surface area contributed by atoms with Crippen molar-refractivity contribution in [2.45, 2.75) is 38.6 Å². The number of benzene rings is 4. The van der Waals surface area contributed by atoms with Gasteiger partial charge in [-0.25, -0.2) is 0 Å². The highest BCUT2D eigenvalue weighted by Gasteiger charge is 2.46. The fraction of sp³-hybridized carbons (Fsp3) is 0.176. The Morgan fingerprint density at radius 1 is 0.900 bits per heavy atom. The molecule has 1 saturated heterocycles. The average molecular weight is 532 g/mol. The van der Waals surface area contributed by atoms with Crippen LogP contribution in [0, 0.1) is 0 Å². The second kappa shape index (κ2) is 10.7. The number of carbonyl (C=O) groups excluding carboxylic acids is 2. The van der Waals surface area contributed by atoms with Gasteiger partial charge in [0.15, 0.2) is 0 Å². The van der Waals surface area contributed by atoms with Crippen molar-refractivity contribution >= 4 is 17.4 Å². The highest BCUT2D eigenvalue weighted by atomic mass is 16.5. The van der Waals surface area contributed by atoms with Gasteiger partial charge < -0.3 is 19.5 Å². The van der Waals surface area contributed by atoms with Gasteiger partial charge in [0.05, 0.1) is 11.6 Å². The fourth-order valence-electron chi connectivity index (χ4n) is 5.41. The highest BCUT2D eigenvalue weighted by Crippen LogP contribution is 2.42. The standard InChI is InChI=1S/C34H29NO5/c1-22-17-27-18-26(15-16-29(27)40-22)32(36)30-31(35(34(38)33(30)37)20-23-9-4-2-5-10-23)25-13-8-14-28(19-25)39-21-24-11-6-3-7-12-24/h2-16,18-19,22,31,36H,17,20-21H2,1H3/t22-,31-/m1/s1. The second-order valence-corrected chi connectivity index (χ2v) is 10.2. The molecule has 0 unspecified atom stereocenters. The van der Waals surface area contributed by atoms with E-state index >= 15 is 0 Å². The minimum atomic E-state index is -0.788. The number of fused-ring (bicyclic) bond motifs is 1. The Balaban J connectivity index is 1.41. The lowest BCUT2D eigenvalue weighted by molar-refractivity contribution is -0.140. The molecule has 2 heterocycles. The van der Waals surface area contributed by atoms with Gasteiger partial charge >= 0.3 is 0 Å². The van der Waals surface area contributed by atoms with Crippen LogP contribution in [0.5, 0.6) is 11.5 Å². The van der Waals surface area contributed by atoms with E-state index in [1.54, 1.807) is 12.1 Å². The van der Waals surface area contributed by atoms with Gasteiger partial charge in [-0.1, -0.05) is 72.8 Å². The van der Waals surface area contributed by atoms with Crippen molar-refractivity contribution in [3.05, 3.63) is 137 Å². The maximum Gasteiger partial charge on any atom is 0.295 e. The molecule has 1 N–H and O–H groups in total. The zero-order valence-corrected chi connectivity index (χ0v) is 22.1. The zero-order chi connectivity index (χ0) is 27.6. The summed E-state index contributed by atoms with van der Waals surface area (Å²) in [5.41, 5.74) is 4.10. The maximum absolute atomic E-state index is 13.5. The number of ether oxygens (including phenoxy) is 2. The summed E-state index contributed by atoms with van der Waals surface area (Å²) in [4.78, 5) is 28.5. The molecule has 0 saturated carbocycles. The maximum atomic E-state index is 13.5. The molecule has 4 aromatic rings. The molecule has 6 heteroatoms. The Labute approximate surface area is 233 Å². The molecule has 0 aliphatic carbocycles. The third-order valence-electron chi connectivity index (χ3n) is 7.33. The molecular formula is C34H29NO5. The van der Waals surface area contributed by atoms with Crippen LogP contribution in [0.2, 0.25) is 0 Å². The van der Waals surface area contributed by atoms with Crippen molar-refractivity contribution in [2.75, 3.05) is 0 Å². The van der Waals surface area contributed by atoms with E-state index in [2.05, 4.69) is 0 Å². The number of rotatable bonds is 7. The number of hydrogen-bond acceptors (Lipinski definition) is 5. The van der Waals surface area contributed by atoms with Crippen LogP contribution in [-0.2, 0) is 29.2 Å². The number of hydrogen-bond donors (Lipinski definition) is 1. The predicted octanol–water partition coefficient (Wildman–Crippen LogP) is 6.21. The van der Waals surface area contributed by atoms with E-state index in [0.29, 0.717) is 29.9 Å². The molecular weight excluding hydrogens is 502 g/mol. The first kappa shape index (κ1) is 25.4. The van der Waals surface area contributed by atoms with Gasteiger partial charge in [-0.3, -0.25) is 9.59 Å². The summed E-state index contributed by atoms with van der Waals surface area (Å²) in [6, 6.07) is 31.3. The quantitative estimate of drug-likeness (QED) is 0.174. The van der Waals surface area contributed by atoms with Gasteiger partial charge in [0.25, 0.3) is 11.7 Å². The Hall–Kier alpha value is -4.84. The molecule has 40 heavy (non-hydrogen) atoms. The second-order valence-electron chi connectivity index (χ2n) is 10.2. The van der Waals surface area contributed by atoms with E-state index in [1.807, 2.05) is 97.9 Å². The number of nitrogens with zero attached hydrogens (tertiary/aromatic N) is 1. The van der Waals surface area contributed by atoms with Crippen molar-refractivity contribution in [2.24, 2.45) is 0 Å². The summed E-state index contributed by atoms with van der Waals surface area (Å²) >= 11 is 0. The van der Waals surface area contributed by atoms with Crippen molar-refractivity contribution in [3.8, 4) is 11.5 Å². The number of aliphatic hydroxyl groups excluding tert-OH is 1. The minimum Gasteiger partial charge on any atom is -0.507 e. The van der Waals surface area contributed by atoms with E-state index in [1.165, 1.54) is 4.90 Å². The molecule has 1 fully saturated rings. The molecule has 6 rings (SSSR count). The summed E-state index contributed by atoms with van der Waals surface area (Å²) in [6.45, 7) is 2.59. The zero-order valence-electron chi connectivity index (χ0n) is 22.1. The van der Waals surface area contributed by atoms with Crippen LogP contribution in [0.4, 0.5) is 0 Å². The molecule has 2 aliphatic heterocycles. The van der Waals surface area contributed by atoms with Gasteiger partial charge in [0.2, 0.25) is 0 Å². The molecule has 0 bridgehead atoms. The highest BCUT2D eigenvalue weighted by molar-refractivity contribution is 6.46. The first-order valence-corrected chi connectivity index (χ1v) is 13.4. The summed E-state index contributed by atoms with van der Waals surface area (Å²) in [6.07, 6.45) is 0.755. The predicted molar refractivity (Wildman–Crippen MR) is 152 cm³/mol. The van der Waals surface area contributed by atoms with Gasteiger partial charge in [-0.05, 0) is 59.5 Å². The average Bonchev–Trinajstić information content (AvgIpc) is 3.48. The van der Waals surface area contributed by atoms with Crippen molar-refractivity contribution in [1.82, 2.24) is 4.90 Å². The monoisotopic (exact) mass is 531 g/mol. The van der Waals surface area contributed by atoms with Crippen LogP contribution >= 0.6 is 0 Å². The lowest BCUT2D eigenvalue weighted by Gasteiger charge is -2.26. The summed E-state index contributed by atoms with van der Waals surface area (Å²) in [5, 5.41) is 11.6. The van der Waals surface area contributed by atoms with E-state index in [0.717, 1.165) is 22.4 Å². The number of ketones is 1. The molecule has 4 aromatic carbocycles. The molecule has 0 radical (unpaired) electrons. The van der Waals surface area contributed by atoms with Gasteiger partial charge in [-0.15, -0.1) is 0 Å². The normalized spacial score (nSPS) is 19.4. The number of carbonyl (C=O) groups is 2. The van der Waals surface area contributed by atoms with Crippen LogP contribution in [0.15, 0.2) is 109 Å². The van der Waals surface area contributed by atoms with Gasteiger partial charge in [0.1, 0.15) is 30.0 Å². The lowest BCUT2D eigenvalue weighted by atomic mass is 9.94. The third kappa shape index (κ3) is 4.96. The molecule has 0 spiro atoms. The minimum absolute atomic E-state index is 0.0440. The number of Topliss-reactive ketones (excluding diaryl/α,β-unsaturated/α-hetero) is 1. The van der Waals surface area contributed by atoms with Crippen LogP contribution in [0.25, 0.3) is 5.76 Å². The van der Waals surface area contributed by atoms with Crippen LogP contribution in [-0.4, -0.2) is 27.8 Å². The van der Waals surface area contributed by atoms with Crippen molar-refractivity contribution in [1.29, 1.82) is 0 Å². The lowest BCUT2D eigenvalue weighted by Crippen LogP contribution is -2.29. The smallest absolute Gasteiger partial charge is 0.295 e. The van der Waals surface area contributed by atoms with Crippen LogP contribution in [0.1, 0.15) is 40.8 Å². The summed E-state index contributed by atoms with van der Waals surface area (Å²) in [5.74, 6) is -0.177. The molecule has 2 aliphatic rings. The Bertz CT molecular complexity index is 1600. The van der Waals surface area contributed by atoms with Crippen LogP contribution in [0.3, 0.4) is 0 Å². The topological polar surface area (TPSA) is 76.1 Å². The summed E-state index contributed by atoms with van der Waals surface area (Å²) < 4.78 is 11.9. The van der Waals surface area contributed by atoms with E-state index in [4.69, 9.17) is 9.47 Å². The van der Waals surface area contributed by atoms with E-state index in [-0.39, 0.29) is 24.0 Å². The first-order chi connectivity index (χ1) is 19.5. The first-order valence-electron chi connectivity index (χ1n) is 13.4. The van der Waals surface area contributed by atoms with Crippen LogP contribution < -0.4 is 9.47 Å². The SMILES string of the molecule is C[C@@H]1Cc2cc(C(O)=C3C(=O)C(=O)N(Cc4ccccc4)[C@@H]3c3cccc(OCc4ccccc4)c3)ccc2O1. The Morgan fingerprint density at radius 3 is 2.38 bits per heavy atom. The largest absolute Gasteiger partial charge is 0.507 e. The number of aliphatic hydroxyl groups is 1. The molecule has 200 valence electrons. The third-order valence-corrected chi connectivity index (χ3v) is 7.33. The fourth-order valence-corrected chi connectivity index (χ4v) is 5.41. The van der Waals surface area contributed by atoms with Crippen molar-refractivity contribution < 1.29 is 24.2 Å². The molecule has 6 nitrogen and oxygen atoms in total.